The van der Waals surface area contributed by atoms with Gasteiger partial charge in [-0.1, -0.05) is 114 Å². The summed E-state index contributed by atoms with van der Waals surface area (Å²) in [6.07, 6.45) is 19.5. The van der Waals surface area contributed by atoms with Crippen molar-refractivity contribution in [1.29, 1.82) is 0 Å². The van der Waals surface area contributed by atoms with Gasteiger partial charge < -0.3 is 15.1 Å². The van der Waals surface area contributed by atoms with Gasteiger partial charge in [-0.25, -0.2) is 0 Å². The first-order valence-corrected chi connectivity index (χ1v) is 13.8. The van der Waals surface area contributed by atoms with Crippen LogP contribution in [0, 0.1) is 0 Å². The lowest BCUT2D eigenvalue weighted by Crippen LogP contribution is -3.18. The van der Waals surface area contributed by atoms with Gasteiger partial charge in [0.1, 0.15) is 25.3 Å². The summed E-state index contributed by atoms with van der Waals surface area (Å²) < 4.78 is 0. The highest BCUT2D eigenvalue weighted by Crippen LogP contribution is 2.14. The minimum atomic E-state index is -0.339. The molecule has 186 valence electrons. The highest BCUT2D eigenvalue weighted by Gasteiger charge is 2.25. The van der Waals surface area contributed by atoms with Gasteiger partial charge in [0.05, 0.1) is 6.04 Å². The van der Waals surface area contributed by atoms with Crippen LogP contribution in [0.1, 0.15) is 116 Å². The molecule has 3 atom stereocenters. The Morgan fingerprint density at radius 1 is 0.656 bits per heavy atom. The summed E-state index contributed by atoms with van der Waals surface area (Å²) in [5.74, 6) is 0. The fraction of sp³-hybridized carbons (Fsp3) is 0.793. The number of quaternary nitrogens is 1. The number of aliphatic hydroxyl groups excluding tert-OH is 2. The van der Waals surface area contributed by atoms with E-state index in [1.54, 1.807) is 0 Å². The minimum absolute atomic E-state index is 0.339. The van der Waals surface area contributed by atoms with Crippen LogP contribution in [0.15, 0.2) is 30.3 Å². The normalized spacial score (nSPS) is 15.4. The van der Waals surface area contributed by atoms with E-state index in [9.17, 15) is 10.2 Å². The molecule has 3 nitrogen and oxygen atoms in total. The van der Waals surface area contributed by atoms with E-state index in [1.165, 1.54) is 100 Å². The van der Waals surface area contributed by atoms with Gasteiger partial charge in [-0.2, -0.15) is 0 Å². The van der Waals surface area contributed by atoms with Crippen molar-refractivity contribution < 1.29 is 15.1 Å². The Labute approximate surface area is 199 Å². The quantitative estimate of drug-likeness (QED) is 0.210. The van der Waals surface area contributed by atoms with E-state index in [2.05, 4.69) is 37.3 Å². The molecule has 0 aliphatic carbocycles. The van der Waals surface area contributed by atoms with E-state index in [0.29, 0.717) is 19.1 Å². The monoisotopic (exact) mass is 448 g/mol. The third-order valence-electron chi connectivity index (χ3n) is 6.67. The molecule has 32 heavy (non-hydrogen) atoms. The fourth-order valence-electron chi connectivity index (χ4n) is 4.93. The van der Waals surface area contributed by atoms with Gasteiger partial charge >= 0.3 is 0 Å². The lowest BCUT2D eigenvalue weighted by atomic mass is 9.97. The van der Waals surface area contributed by atoms with Crippen molar-refractivity contribution in [3.8, 4) is 0 Å². The van der Waals surface area contributed by atoms with Gasteiger partial charge in [0.15, 0.2) is 0 Å². The van der Waals surface area contributed by atoms with Gasteiger partial charge in [0.2, 0.25) is 0 Å². The Balaban J connectivity index is 2.30. The van der Waals surface area contributed by atoms with Crippen LogP contribution in [0.2, 0.25) is 0 Å². The predicted molar refractivity (Wildman–Crippen MR) is 138 cm³/mol. The second-order valence-corrected chi connectivity index (χ2v) is 10.2. The molecule has 1 aromatic rings. The molecule has 0 heterocycles. The molecule has 0 aromatic heterocycles. The van der Waals surface area contributed by atoms with Crippen LogP contribution >= 0.6 is 0 Å². The third kappa shape index (κ3) is 15.8. The van der Waals surface area contributed by atoms with Crippen molar-refractivity contribution in [2.45, 2.75) is 135 Å². The number of hydrogen-bond donors (Lipinski definition) is 3. The van der Waals surface area contributed by atoms with Gasteiger partial charge in [-0.3, -0.25) is 0 Å². The molecule has 0 bridgehead atoms. The van der Waals surface area contributed by atoms with Crippen molar-refractivity contribution in [2.75, 3.05) is 13.1 Å². The molecule has 0 spiro atoms. The molecular formula is C29H54NO2+. The second-order valence-electron chi connectivity index (χ2n) is 10.2. The van der Waals surface area contributed by atoms with Crippen LogP contribution in [0.25, 0.3) is 0 Å². The number of hydrogen-bond acceptors (Lipinski definition) is 2. The van der Waals surface area contributed by atoms with E-state index < -0.39 is 0 Å². The molecule has 1 aromatic carbocycles. The number of rotatable bonds is 21. The van der Waals surface area contributed by atoms with E-state index in [1.807, 2.05) is 13.8 Å². The molecule has 0 radical (unpaired) electrons. The van der Waals surface area contributed by atoms with Crippen molar-refractivity contribution in [2.24, 2.45) is 0 Å². The first-order chi connectivity index (χ1) is 15.5. The van der Waals surface area contributed by atoms with Crippen molar-refractivity contribution >= 4 is 0 Å². The predicted octanol–water partition coefficient (Wildman–Crippen LogP) is 5.73. The number of aliphatic hydroxyl groups is 2. The summed E-state index contributed by atoms with van der Waals surface area (Å²) in [6.45, 7) is 7.44. The lowest BCUT2D eigenvalue weighted by molar-refractivity contribution is -0.931. The SMILES string of the molecule is CCCCCCCCCCCCCCCC(Cc1ccccc1)[NH+](CC(C)O)CC(C)O. The highest BCUT2D eigenvalue weighted by atomic mass is 16.3. The van der Waals surface area contributed by atoms with Crippen molar-refractivity contribution in [3.63, 3.8) is 0 Å². The van der Waals surface area contributed by atoms with E-state index >= 15 is 0 Å². The molecule has 0 saturated heterocycles. The van der Waals surface area contributed by atoms with Crippen LogP contribution in [-0.4, -0.2) is 41.6 Å². The molecule has 0 aliphatic rings. The first-order valence-electron chi connectivity index (χ1n) is 13.8. The topological polar surface area (TPSA) is 44.9 Å². The maximum atomic E-state index is 10.0. The standard InChI is InChI=1S/C29H53NO2/c1-4-5-6-7-8-9-10-11-12-13-14-15-19-22-29(23-28-20-17-16-18-21-28)30(24-26(2)31)25-27(3)32/h16-18,20-21,26-27,29,31-32H,4-15,19,22-25H2,1-3H3/p+1. The summed E-state index contributed by atoms with van der Waals surface area (Å²) in [4.78, 5) is 1.35. The Hall–Kier alpha value is -0.900. The van der Waals surface area contributed by atoms with E-state index in [0.717, 1.165) is 6.42 Å². The molecule has 0 fully saturated rings. The molecule has 3 heteroatoms. The highest BCUT2D eigenvalue weighted by molar-refractivity contribution is 5.15. The summed E-state index contributed by atoms with van der Waals surface area (Å²) in [5.41, 5.74) is 1.36. The van der Waals surface area contributed by atoms with E-state index in [4.69, 9.17) is 0 Å². The van der Waals surface area contributed by atoms with Gasteiger partial charge in [-0.15, -0.1) is 0 Å². The van der Waals surface area contributed by atoms with Crippen LogP contribution in [0.4, 0.5) is 0 Å². The number of unbranched alkanes of at least 4 members (excludes halogenated alkanes) is 12. The van der Waals surface area contributed by atoms with Gasteiger partial charge in [-0.05, 0) is 32.3 Å². The Morgan fingerprint density at radius 2 is 1.09 bits per heavy atom. The zero-order valence-corrected chi connectivity index (χ0v) is 21.5. The first kappa shape index (κ1) is 29.1. The lowest BCUT2D eigenvalue weighted by Gasteiger charge is -2.31. The van der Waals surface area contributed by atoms with Gasteiger partial charge in [0, 0.05) is 6.42 Å². The second kappa shape index (κ2) is 19.6. The summed E-state index contributed by atoms with van der Waals surface area (Å²) >= 11 is 0. The number of nitrogens with one attached hydrogen (secondary N) is 1. The Kier molecular flexibility index (Phi) is 17.8. The maximum absolute atomic E-state index is 10.0. The van der Waals surface area contributed by atoms with Crippen LogP contribution in [-0.2, 0) is 6.42 Å². The average Bonchev–Trinajstić information content (AvgIpc) is 2.75. The number of benzene rings is 1. The molecule has 0 saturated carbocycles. The van der Waals surface area contributed by atoms with Crippen LogP contribution < -0.4 is 4.90 Å². The minimum Gasteiger partial charge on any atom is -0.388 e. The molecule has 0 aliphatic heterocycles. The van der Waals surface area contributed by atoms with E-state index in [-0.39, 0.29) is 12.2 Å². The zero-order chi connectivity index (χ0) is 23.4. The molecule has 0 amide bonds. The van der Waals surface area contributed by atoms with Gasteiger partial charge in [0.25, 0.3) is 0 Å². The molecule has 3 unspecified atom stereocenters. The maximum Gasteiger partial charge on any atom is 0.103 e. The van der Waals surface area contributed by atoms with Crippen molar-refractivity contribution in [1.82, 2.24) is 0 Å². The molecule has 1 rings (SSSR count). The van der Waals surface area contributed by atoms with Crippen LogP contribution in [0.5, 0.6) is 0 Å². The average molecular weight is 449 g/mol. The summed E-state index contributed by atoms with van der Waals surface area (Å²) in [7, 11) is 0. The Bertz CT molecular complexity index is 507. The van der Waals surface area contributed by atoms with Crippen molar-refractivity contribution in [3.05, 3.63) is 35.9 Å². The summed E-state index contributed by atoms with van der Waals surface area (Å²) in [6, 6.07) is 11.2. The Morgan fingerprint density at radius 3 is 1.53 bits per heavy atom. The zero-order valence-electron chi connectivity index (χ0n) is 21.5. The molecule has 3 N–H and O–H groups in total. The largest absolute Gasteiger partial charge is 0.388 e. The summed E-state index contributed by atoms with van der Waals surface area (Å²) in [5, 5.41) is 20.1. The van der Waals surface area contributed by atoms with Crippen LogP contribution in [0.3, 0.4) is 0 Å². The molecular weight excluding hydrogens is 394 g/mol. The third-order valence-corrected chi connectivity index (χ3v) is 6.67. The smallest absolute Gasteiger partial charge is 0.103 e. The fourth-order valence-corrected chi connectivity index (χ4v) is 4.93.